The van der Waals surface area contributed by atoms with E-state index >= 15 is 0 Å². The fourth-order valence-corrected chi connectivity index (χ4v) is 1.34. The van der Waals surface area contributed by atoms with Gasteiger partial charge >= 0.3 is 0 Å². The van der Waals surface area contributed by atoms with Crippen molar-refractivity contribution in [2.45, 2.75) is 19.0 Å². The predicted octanol–water partition coefficient (Wildman–Crippen LogP) is 1.57. The molecule has 7 heteroatoms. The fourth-order valence-electron chi connectivity index (χ4n) is 0.607. The van der Waals surface area contributed by atoms with Gasteiger partial charge in [-0.05, 0) is 6.42 Å². The minimum atomic E-state index is -2.05. The van der Waals surface area contributed by atoms with E-state index in [1.807, 2.05) is 6.92 Å². The second-order valence-electron chi connectivity index (χ2n) is 2.14. The number of rotatable bonds is 3. The number of carbonyl (C=O) groups excluding carboxylic acids is 1. The van der Waals surface area contributed by atoms with Gasteiger partial charge in [0, 0.05) is 0 Å². The Bertz CT molecular complexity index is 304. The van der Waals surface area contributed by atoms with Gasteiger partial charge in [0.1, 0.15) is 5.01 Å². The van der Waals surface area contributed by atoms with Crippen LogP contribution < -0.4 is 5.32 Å². The van der Waals surface area contributed by atoms with Crippen LogP contribution in [0.1, 0.15) is 11.9 Å². The van der Waals surface area contributed by atoms with Crippen LogP contribution >= 0.6 is 22.9 Å². The Morgan fingerprint density at radius 1 is 1.77 bits per heavy atom. The second kappa shape index (κ2) is 4.48. The van der Waals surface area contributed by atoms with Crippen molar-refractivity contribution < 1.29 is 9.18 Å². The summed E-state index contributed by atoms with van der Waals surface area (Å²) in [6, 6.07) is 0. The smallest absolute Gasteiger partial charge is 0.276 e. The molecule has 0 saturated heterocycles. The van der Waals surface area contributed by atoms with Crippen LogP contribution in [0.5, 0.6) is 0 Å². The van der Waals surface area contributed by atoms with Crippen molar-refractivity contribution in [1.82, 2.24) is 10.2 Å². The topological polar surface area (TPSA) is 54.9 Å². The maximum atomic E-state index is 12.2. The van der Waals surface area contributed by atoms with Crippen LogP contribution in [0.15, 0.2) is 0 Å². The van der Waals surface area contributed by atoms with E-state index < -0.39 is 11.5 Å². The van der Waals surface area contributed by atoms with Crippen LogP contribution in [0.2, 0.25) is 0 Å². The Labute approximate surface area is 83.1 Å². The Kier molecular flexibility index (Phi) is 3.56. The molecule has 1 unspecified atom stereocenters. The lowest BCUT2D eigenvalue weighted by atomic mass is 10.5. The third kappa shape index (κ3) is 2.89. The molecule has 0 aliphatic rings. The third-order valence-electron chi connectivity index (χ3n) is 1.20. The average Bonchev–Trinajstić information content (AvgIpc) is 2.52. The SMILES string of the molecule is CCc1nnc(NC(=O)C(F)Cl)s1. The summed E-state index contributed by atoms with van der Waals surface area (Å²) < 4.78 is 12.2. The monoisotopic (exact) mass is 223 g/mol. The van der Waals surface area contributed by atoms with Crippen molar-refractivity contribution in [3.8, 4) is 0 Å². The second-order valence-corrected chi connectivity index (χ2v) is 3.59. The molecule has 0 radical (unpaired) electrons. The van der Waals surface area contributed by atoms with Crippen LogP contribution in [0.3, 0.4) is 0 Å². The number of nitrogens with zero attached hydrogens (tertiary/aromatic N) is 2. The molecule has 0 aliphatic carbocycles. The fraction of sp³-hybridized carbons (Fsp3) is 0.500. The average molecular weight is 224 g/mol. The number of alkyl halides is 2. The highest BCUT2D eigenvalue weighted by Crippen LogP contribution is 2.16. The number of aryl methyl sites for hydroxylation is 1. The number of nitrogens with one attached hydrogen (secondary N) is 1. The van der Waals surface area contributed by atoms with Crippen molar-refractivity contribution in [1.29, 1.82) is 0 Å². The molecule has 0 fully saturated rings. The first-order valence-electron chi connectivity index (χ1n) is 3.55. The molecule has 1 atom stereocenters. The van der Waals surface area contributed by atoms with Gasteiger partial charge in [0.2, 0.25) is 5.13 Å². The minimum Gasteiger partial charge on any atom is -0.297 e. The number of amides is 1. The lowest BCUT2D eigenvalue weighted by Crippen LogP contribution is -2.19. The first-order chi connectivity index (χ1) is 6.13. The van der Waals surface area contributed by atoms with Gasteiger partial charge in [0.25, 0.3) is 11.5 Å². The summed E-state index contributed by atoms with van der Waals surface area (Å²) in [5.74, 6) is -0.916. The highest BCUT2D eigenvalue weighted by atomic mass is 35.5. The molecule has 1 N–H and O–H groups in total. The number of halogens is 2. The molecular formula is C6H7ClFN3OS. The molecule has 1 rings (SSSR count). The Morgan fingerprint density at radius 3 is 2.92 bits per heavy atom. The van der Waals surface area contributed by atoms with Crippen molar-refractivity contribution >= 4 is 34.0 Å². The Hall–Kier alpha value is -0.750. The van der Waals surface area contributed by atoms with E-state index in [0.29, 0.717) is 0 Å². The Morgan fingerprint density at radius 2 is 2.46 bits per heavy atom. The van der Waals surface area contributed by atoms with E-state index in [9.17, 15) is 9.18 Å². The zero-order chi connectivity index (χ0) is 9.84. The molecule has 0 aliphatic heterocycles. The molecule has 0 saturated carbocycles. The molecule has 0 aromatic carbocycles. The molecule has 4 nitrogen and oxygen atoms in total. The standard InChI is InChI=1S/C6H7ClFN3OS/c1-2-3-10-11-6(13-3)9-5(12)4(7)8/h4H,2H2,1H3,(H,9,11,12). The van der Waals surface area contributed by atoms with Crippen LogP contribution in [-0.4, -0.2) is 21.7 Å². The van der Waals surface area contributed by atoms with E-state index in [0.717, 1.165) is 11.4 Å². The molecular weight excluding hydrogens is 217 g/mol. The molecule has 0 spiro atoms. The third-order valence-corrected chi connectivity index (χ3v) is 2.38. The normalized spacial score (nSPS) is 12.5. The summed E-state index contributed by atoms with van der Waals surface area (Å²) in [6.07, 6.45) is 0.730. The largest absolute Gasteiger partial charge is 0.297 e. The van der Waals surface area contributed by atoms with E-state index in [2.05, 4.69) is 15.5 Å². The molecule has 0 bridgehead atoms. The van der Waals surface area contributed by atoms with Crippen LogP contribution in [0, 0.1) is 0 Å². The van der Waals surface area contributed by atoms with Gasteiger partial charge in [-0.25, -0.2) is 4.39 Å². The van der Waals surface area contributed by atoms with Crippen LogP contribution in [-0.2, 0) is 11.2 Å². The van der Waals surface area contributed by atoms with Gasteiger partial charge in [-0.1, -0.05) is 29.9 Å². The van der Waals surface area contributed by atoms with E-state index in [1.165, 1.54) is 11.3 Å². The summed E-state index contributed by atoms with van der Waals surface area (Å²) in [5, 5.41) is 10.6. The molecule has 13 heavy (non-hydrogen) atoms. The number of anilines is 1. The van der Waals surface area contributed by atoms with Crippen LogP contribution in [0.25, 0.3) is 0 Å². The number of hydrogen-bond donors (Lipinski definition) is 1. The van der Waals surface area contributed by atoms with Gasteiger partial charge in [0.15, 0.2) is 0 Å². The summed E-state index contributed by atoms with van der Waals surface area (Å²) >= 11 is 6.10. The maximum Gasteiger partial charge on any atom is 0.276 e. The quantitative estimate of drug-likeness (QED) is 0.792. The minimum absolute atomic E-state index is 0.269. The van der Waals surface area contributed by atoms with E-state index in [4.69, 9.17) is 11.6 Å². The van der Waals surface area contributed by atoms with Crippen LogP contribution in [0.4, 0.5) is 9.52 Å². The van der Waals surface area contributed by atoms with E-state index in [-0.39, 0.29) is 5.13 Å². The van der Waals surface area contributed by atoms with Crippen molar-refractivity contribution in [3.63, 3.8) is 0 Å². The zero-order valence-electron chi connectivity index (χ0n) is 6.75. The lowest BCUT2D eigenvalue weighted by Gasteiger charge is -1.97. The number of hydrogen-bond acceptors (Lipinski definition) is 4. The molecule has 1 heterocycles. The van der Waals surface area contributed by atoms with E-state index in [1.54, 1.807) is 0 Å². The van der Waals surface area contributed by atoms with Gasteiger partial charge in [-0.3, -0.25) is 10.1 Å². The van der Waals surface area contributed by atoms with Gasteiger partial charge in [-0.2, -0.15) is 0 Å². The van der Waals surface area contributed by atoms with Crippen molar-refractivity contribution in [2.75, 3.05) is 5.32 Å². The Balaban J connectivity index is 2.59. The lowest BCUT2D eigenvalue weighted by molar-refractivity contribution is -0.118. The summed E-state index contributed by atoms with van der Waals surface area (Å²) in [6.45, 7) is 1.91. The summed E-state index contributed by atoms with van der Waals surface area (Å²) in [5.41, 5.74) is -2.05. The zero-order valence-corrected chi connectivity index (χ0v) is 8.32. The van der Waals surface area contributed by atoms with Crippen molar-refractivity contribution in [3.05, 3.63) is 5.01 Å². The van der Waals surface area contributed by atoms with Crippen molar-refractivity contribution in [2.24, 2.45) is 0 Å². The van der Waals surface area contributed by atoms with Gasteiger partial charge < -0.3 is 0 Å². The molecule has 1 aromatic heterocycles. The first kappa shape index (κ1) is 10.3. The first-order valence-corrected chi connectivity index (χ1v) is 4.80. The maximum absolute atomic E-state index is 12.2. The molecule has 72 valence electrons. The molecule has 1 amide bonds. The highest BCUT2D eigenvalue weighted by molar-refractivity contribution is 7.15. The summed E-state index contributed by atoms with van der Waals surface area (Å²) in [7, 11) is 0. The summed E-state index contributed by atoms with van der Waals surface area (Å²) in [4.78, 5) is 10.7. The molecule has 1 aromatic rings. The van der Waals surface area contributed by atoms with Gasteiger partial charge in [-0.15, -0.1) is 10.2 Å². The number of carbonyl (C=O) groups is 1. The van der Waals surface area contributed by atoms with Gasteiger partial charge in [0.05, 0.1) is 0 Å². The highest BCUT2D eigenvalue weighted by Gasteiger charge is 2.15. The number of aromatic nitrogens is 2. The predicted molar refractivity (Wildman–Crippen MR) is 48.7 cm³/mol.